The molecule has 3 nitrogen and oxygen atoms in total. The van der Waals surface area contributed by atoms with E-state index in [0.29, 0.717) is 5.02 Å². The van der Waals surface area contributed by atoms with E-state index in [1.165, 1.54) is 25.7 Å². The zero-order valence-electron chi connectivity index (χ0n) is 11.9. The van der Waals surface area contributed by atoms with E-state index in [9.17, 15) is 4.79 Å². The highest BCUT2D eigenvalue weighted by Gasteiger charge is 1.93. The Balaban J connectivity index is 0.000000399. The van der Waals surface area contributed by atoms with Gasteiger partial charge in [-0.05, 0) is 37.3 Å². The first-order chi connectivity index (χ1) is 9.04. The second kappa shape index (κ2) is 10.6. The predicted molar refractivity (Wildman–Crippen MR) is 83.1 cm³/mol. The van der Waals surface area contributed by atoms with Crippen molar-refractivity contribution in [3.8, 4) is 0 Å². The summed E-state index contributed by atoms with van der Waals surface area (Å²) in [6, 6.07) is 7.22. The molecule has 0 heterocycles. The Morgan fingerprint density at radius 3 is 2.11 bits per heavy atom. The van der Waals surface area contributed by atoms with Crippen LogP contribution in [0.25, 0.3) is 6.08 Å². The van der Waals surface area contributed by atoms with Crippen LogP contribution in [0.15, 0.2) is 30.3 Å². The van der Waals surface area contributed by atoms with Crippen LogP contribution in [-0.2, 0) is 4.79 Å². The summed E-state index contributed by atoms with van der Waals surface area (Å²) in [6.07, 6.45) is 2.87. The number of benzene rings is 1. The lowest BCUT2D eigenvalue weighted by molar-refractivity contribution is -0.113. The van der Waals surface area contributed by atoms with Crippen LogP contribution in [0.3, 0.4) is 0 Å². The Bertz CT molecular complexity index is 395. The molecule has 0 aliphatic heterocycles. The number of rotatable bonds is 5. The Kier molecular flexibility index (Phi) is 9.85. The van der Waals surface area contributed by atoms with Crippen LogP contribution in [0, 0.1) is 0 Å². The van der Waals surface area contributed by atoms with Gasteiger partial charge >= 0.3 is 0 Å². The Labute approximate surface area is 121 Å². The molecule has 0 aliphatic rings. The number of amides is 1. The second-order valence-electron chi connectivity index (χ2n) is 3.88. The first kappa shape index (κ1) is 17.7. The van der Waals surface area contributed by atoms with Crippen molar-refractivity contribution in [2.45, 2.75) is 20.8 Å². The molecule has 0 aliphatic carbocycles. The van der Waals surface area contributed by atoms with Crippen molar-refractivity contribution in [3.63, 3.8) is 0 Å². The van der Waals surface area contributed by atoms with Crippen molar-refractivity contribution < 1.29 is 4.79 Å². The maximum Gasteiger partial charge on any atom is 0.241 e. The predicted octanol–water partition coefficient (Wildman–Crippen LogP) is 3.19. The van der Waals surface area contributed by atoms with Crippen LogP contribution >= 0.6 is 11.6 Å². The quantitative estimate of drug-likeness (QED) is 0.843. The van der Waals surface area contributed by atoms with Gasteiger partial charge in [0.15, 0.2) is 0 Å². The number of primary amides is 1. The normalized spacial score (nSPS) is 10.4. The lowest BCUT2D eigenvalue weighted by Crippen LogP contribution is -2.21. The van der Waals surface area contributed by atoms with Gasteiger partial charge in [-0.15, -0.1) is 0 Å². The Morgan fingerprint density at radius 1 is 1.21 bits per heavy atom. The lowest BCUT2D eigenvalue weighted by atomic mass is 10.2. The largest absolute Gasteiger partial charge is 0.366 e. The number of hydrogen-bond donors (Lipinski definition) is 1. The molecule has 2 N–H and O–H groups in total. The van der Waals surface area contributed by atoms with Crippen molar-refractivity contribution in [1.29, 1.82) is 0 Å². The summed E-state index contributed by atoms with van der Waals surface area (Å²) < 4.78 is 0. The molecule has 19 heavy (non-hydrogen) atoms. The van der Waals surface area contributed by atoms with Crippen LogP contribution in [0.5, 0.6) is 0 Å². The molecule has 0 aromatic heterocycles. The molecule has 0 bridgehead atoms. The van der Waals surface area contributed by atoms with Crippen molar-refractivity contribution >= 4 is 23.6 Å². The number of nitrogens with two attached hydrogens (primary N) is 1. The number of nitrogens with zero attached hydrogens (tertiary/aromatic N) is 1. The molecule has 1 aromatic carbocycles. The first-order valence-corrected chi connectivity index (χ1v) is 6.87. The second-order valence-corrected chi connectivity index (χ2v) is 4.28. The molecule has 0 radical (unpaired) electrons. The van der Waals surface area contributed by atoms with E-state index < -0.39 is 5.91 Å². The van der Waals surface area contributed by atoms with Crippen molar-refractivity contribution in [1.82, 2.24) is 4.90 Å². The van der Waals surface area contributed by atoms with Crippen molar-refractivity contribution in [3.05, 3.63) is 40.9 Å². The van der Waals surface area contributed by atoms with E-state index in [0.717, 1.165) is 5.56 Å². The molecule has 106 valence electrons. The molecule has 1 amide bonds. The van der Waals surface area contributed by atoms with Gasteiger partial charge in [0.25, 0.3) is 0 Å². The van der Waals surface area contributed by atoms with Gasteiger partial charge in [-0.1, -0.05) is 50.6 Å². The van der Waals surface area contributed by atoms with E-state index in [2.05, 4.69) is 25.7 Å². The minimum atomic E-state index is -0.477. The Hall–Kier alpha value is -1.32. The highest BCUT2D eigenvalue weighted by atomic mass is 35.5. The lowest BCUT2D eigenvalue weighted by Gasteiger charge is -2.13. The van der Waals surface area contributed by atoms with Gasteiger partial charge in [0, 0.05) is 11.1 Å². The SMILES string of the molecule is CCN(CC)CC.NC(=O)/C=C/c1ccccc1Cl. The molecular formula is C15H23ClN2O. The van der Waals surface area contributed by atoms with E-state index in [1.54, 1.807) is 12.1 Å². The molecule has 1 aromatic rings. The summed E-state index contributed by atoms with van der Waals surface area (Å²) >= 11 is 5.80. The van der Waals surface area contributed by atoms with Crippen LogP contribution in [-0.4, -0.2) is 30.4 Å². The smallest absolute Gasteiger partial charge is 0.241 e. The van der Waals surface area contributed by atoms with E-state index in [1.807, 2.05) is 18.2 Å². The van der Waals surface area contributed by atoms with E-state index >= 15 is 0 Å². The number of carbonyl (C=O) groups is 1. The van der Waals surface area contributed by atoms with Gasteiger partial charge < -0.3 is 10.6 Å². The number of carbonyl (C=O) groups excluding carboxylic acids is 1. The third kappa shape index (κ3) is 8.41. The Morgan fingerprint density at radius 2 is 1.74 bits per heavy atom. The topological polar surface area (TPSA) is 46.3 Å². The summed E-state index contributed by atoms with van der Waals surface area (Å²) in [5.74, 6) is -0.477. The van der Waals surface area contributed by atoms with Gasteiger partial charge in [-0.3, -0.25) is 4.79 Å². The summed E-state index contributed by atoms with van der Waals surface area (Å²) in [7, 11) is 0. The van der Waals surface area contributed by atoms with Crippen LogP contribution < -0.4 is 5.73 Å². The zero-order valence-corrected chi connectivity index (χ0v) is 12.7. The summed E-state index contributed by atoms with van der Waals surface area (Å²) in [5.41, 5.74) is 5.71. The third-order valence-electron chi connectivity index (χ3n) is 2.67. The molecule has 0 fully saturated rings. The van der Waals surface area contributed by atoms with Gasteiger partial charge in [-0.25, -0.2) is 0 Å². The fraction of sp³-hybridized carbons (Fsp3) is 0.400. The van der Waals surface area contributed by atoms with Crippen LogP contribution in [0.1, 0.15) is 26.3 Å². The summed E-state index contributed by atoms with van der Waals surface area (Å²) in [6.45, 7) is 10.1. The molecule has 0 saturated heterocycles. The molecule has 0 spiro atoms. The van der Waals surface area contributed by atoms with E-state index in [-0.39, 0.29) is 0 Å². The van der Waals surface area contributed by atoms with E-state index in [4.69, 9.17) is 17.3 Å². The maximum absolute atomic E-state index is 10.4. The van der Waals surface area contributed by atoms with Crippen molar-refractivity contribution in [2.24, 2.45) is 5.73 Å². The van der Waals surface area contributed by atoms with Crippen molar-refractivity contribution in [2.75, 3.05) is 19.6 Å². The van der Waals surface area contributed by atoms with Gasteiger partial charge in [0.2, 0.25) is 5.91 Å². The number of halogens is 1. The average molecular weight is 283 g/mol. The zero-order chi connectivity index (χ0) is 14.7. The van der Waals surface area contributed by atoms with Gasteiger partial charge in [-0.2, -0.15) is 0 Å². The van der Waals surface area contributed by atoms with Gasteiger partial charge in [0.05, 0.1) is 0 Å². The fourth-order valence-electron chi connectivity index (χ4n) is 1.45. The minimum Gasteiger partial charge on any atom is -0.366 e. The molecule has 4 heteroatoms. The monoisotopic (exact) mass is 282 g/mol. The van der Waals surface area contributed by atoms with Gasteiger partial charge in [0.1, 0.15) is 0 Å². The van der Waals surface area contributed by atoms with Crippen LogP contribution in [0.2, 0.25) is 5.02 Å². The highest BCUT2D eigenvalue weighted by molar-refractivity contribution is 6.32. The minimum absolute atomic E-state index is 0.477. The first-order valence-electron chi connectivity index (χ1n) is 6.49. The highest BCUT2D eigenvalue weighted by Crippen LogP contribution is 2.15. The standard InChI is InChI=1S/C9H8ClNO.C6H15N/c10-8-4-2-1-3-7(8)5-6-9(11)12;1-4-7(5-2)6-3/h1-6H,(H2,11,12);4-6H2,1-3H3/b6-5+;. The fourth-order valence-corrected chi connectivity index (χ4v) is 1.65. The molecule has 0 saturated carbocycles. The third-order valence-corrected chi connectivity index (χ3v) is 3.02. The average Bonchev–Trinajstić information content (AvgIpc) is 2.40. The number of hydrogen-bond acceptors (Lipinski definition) is 2. The summed E-state index contributed by atoms with van der Waals surface area (Å²) in [4.78, 5) is 12.8. The molecule has 0 unspecified atom stereocenters. The molecule has 0 atom stereocenters. The summed E-state index contributed by atoms with van der Waals surface area (Å²) in [5, 5.41) is 0.606. The molecule has 1 rings (SSSR count). The molecular weight excluding hydrogens is 260 g/mol. The van der Waals surface area contributed by atoms with Crippen LogP contribution in [0.4, 0.5) is 0 Å². The maximum atomic E-state index is 10.4.